The summed E-state index contributed by atoms with van der Waals surface area (Å²) in [6.07, 6.45) is -0.316. The molecule has 7 heteroatoms. The fourth-order valence-electron chi connectivity index (χ4n) is 2.71. The Labute approximate surface area is 170 Å². The Balaban J connectivity index is 1.88. The monoisotopic (exact) mass is 397 g/mol. The van der Waals surface area contributed by atoms with Gasteiger partial charge in [0.1, 0.15) is 6.04 Å². The van der Waals surface area contributed by atoms with E-state index in [2.05, 4.69) is 20.7 Å². The topological polar surface area (TPSA) is 96.5 Å². The second kappa shape index (κ2) is 10.8. The Hall–Kier alpha value is -3.35. The first kappa shape index (κ1) is 21.9. The normalized spacial score (nSPS) is 11.4. The van der Waals surface area contributed by atoms with Gasteiger partial charge < -0.3 is 15.4 Å². The Morgan fingerprint density at radius 2 is 1.59 bits per heavy atom. The summed E-state index contributed by atoms with van der Waals surface area (Å²) in [5.41, 5.74) is 2.36. The van der Waals surface area contributed by atoms with E-state index < -0.39 is 12.1 Å². The molecular formula is C22H27N3O4. The van der Waals surface area contributed by atoms with Crippen molar-refractivity contribution in [2.45, 2.75) is 32.9 Å². The molecule has 154 valence electrons. The van der Waals surface area contributed by atoms with E-state index in [4.69, 9.17) is 0 Å². The number of anilines is 1. The highest BCUT2D eigenvalue weighted by Crippen LogP contribution is 2.10. The van der Waals surface area contributed by atoms with Gasteiger partial charge in [-0.05, 0) is 29.2 Å². The zero-order chi connectivity index (χ0) is 21.2. The van der Waals surface area contributed by atoms with Crippen molar-refractivity contribution in [2.75, 3.05) is 12.4 Å². The fourth-order valence-corrected chi connectivity index (χ4v) is 2.71. The smallest absolute Gasteiger partial charge is 0.411 e. The quantitative estimate of drug-likeness (QED) is 0.638. The van der Waals surface area contributed by atoms with Gasteiger partial charge in [0, 0.05) is 12.2 Å². The molecule has 0 saturated carbocycles. The lowest BCUT2D eigenvalue weighted by molar-refractivity contribution is -0.129. The second-order valence-electron chi connectivity index (χ2n) is 6.98. The van der Waals surface area contributed by atoms with Crippen LogP contribution < -0.4 is 16.0 Å². The average Bonchev–Trinajstić information content (AvgIpc) is 2.71. The van der Waals surface area contributed by atoms with Crippen LogP contribution in [0.15, 0.2) is 54.6 Å². The molecule has 0 heterocycles. The van der Waals surface area contributed by atoms with Gasteiger partial charge in [-0.25, -0.2) is 4.79 Å². The first-order valence-electron chi connectivity index (χ1n) is 9.44. The molecule has 7 nitrogen and oxygen atoms in total. The highest BCUT2D eigenvalue weighted by atomic mass is 16.5. The molecule has 0 aliphatic heterocycles. The van der Waals surface area contributed by atoms with Crippen molar-refractivity contribution < 1.29 is 19.1 Å². The van der Waals surface area contributed by atoms with E-state index in [1.165, 1.54) is 7.11 Å². The molecular weight excluding hydrogens is 370 g/mol. The summed E-state index contributed by atoms with van der Waals surface area (Å²) in [5.74, 6) is -0.484. The summed E-state index contributed by atoms with van der Waals surface area (Å²) in [4.78, 5) is 36.1. The van der Waals surface area contributed by atoms with E-state index >= 15 is 0 Å². The SMILES string of the molecule is COC(=O)Nc1ccc(CNC(=O)C(NC(=O)Cc2ccccc2)C(C)C)cc1. The van der Waals surface area contributed by atoms with Crippen LogP contribution >= 0.6 is 0 Å². The molecule has 2 aromatic rings. The number of carbonyl (C=O) groups is 3. The number of carbonyl (C=O) groups excluding carboxylic acids is 3. The molecule has 2 aromatic carbocycles. The van der Waals surface area contributed by atoms with Crippen LogP contribution in [0.2, 0.25) is 0 Å². The van der Waals surface area contributed by atoms with Crippen LogP contribution in [0.4, 0.5) is 10.5 Å². The third-order valence-electron chi connectivity index (χ3n) is 4.33. The zero-order valence-corrected chi connectivity index (χ0v) is 16.9. The van der Waals surface area contributed by atoms with Crippen LogP contribution in [-0.4, -0.2) is 31.1 Å². The van der Waals surface area contributed by atoms with Gasteiger partial charge in [0.15, 0.2) is 0 Å². The molecule has 0 aliphatic rings. The summed E-state index contributed by atoms with van der Waals surface area (Å²) in [5, 5.41) is 8.24. The molecule has 29 heavy (non-hydrogen) atoms. The van der Waals surface area contributed by atoms with Crippen LogP contribution in [0.3, 0.4) is 0 Å². The molecule has 0 aromatic heterocycles. The van der Waals surface area contributed by atoms with Crippen molar-refractivity contribution in [3.8, 4) is 0 Å². The Kier molecular flexibility index (Phi) is 8.21. The van der Waals surface area contributed by atoms with E-state index in [0.29, 0.717) is 12.2 Å². The van der Waals surface area contributed by atoms with Crippen LogP contribution in [0.5, 0.6) is 0 Å². The Bertz CT molecular complexity index is 820. The van der Waals surface area contributed by atoms with E-state index in [1.54, 1.807) is 24.3 Å². The van der Waals surface area contributed by atoms with Crippen LogP contribution in [0.1, 0.15) is 25.0 Å². The minimum atomic E-state index is -0.619. The molecule has 1 atom stereocenters. The first-order valence-corrected chi connectivity index (χ1v) is 9.44. The standard InChI is InChI=1S/C22H27N3O4/c1-15(2)20(25-19(26)13-16-7-5-4-6-8-16)21(27)23-14-17-9-11-18(12-10-17)24-22(28)29-3/h4-12,15,20H,13-14H2,1-3H3,(H,23,27)(H,24,28)(H,25,26). The predicted molar refractivity (Wildman–Crippen MR) is 111 cm³/mol. The molecule has 0 radical (unpaired) electrons. The molecule has 2 rings (SSSR count). The number of hydrogen-bond acceptors (Lipinski definition) is 4. The third kappa shape index (κ3) is 7.29. The Morgan fingerprint density at radius 1 is 0.931 bits per heavy atom. The summed E-state index contributed by atoms with van der Waals surface area (Å²) in [6.45, 7) is 4.09. The lowest BCUT2D eigenvalue weighted by atomic mass is 10.0. The van der Waals surface area contributed by atoms with E-state index in [1.807, 2.05) is 44.2 Å². The van der Waals surface area contributed by atoms with Crippen molar-refractivity contribution in [3.05, 3.63) is 65.7 Å². The molecule has 0 aliphatic carbocycles. The molecule has 1 unspecified atom stereocenters. The summed E-state index contributed by atoms with van der Waals surface area (Å²) < 4.78 is 4.54. The van der Waals surface area contributed by atoms with E-state index in [9.17, 15) is 14.4 Å². The molecule has 3 amide bonds. The number of nitrogens with one attached hydrogen (secondary N) is 3. The van der Waals surface area contributed by atoms with Gasteiger partial charge in [0.05, 0.1) is 13.5 Å². The number of methoxy groups -OCH3 is 1. The lowest BCUT2D eigenvalue weighted by Crippen LogP contribution is -2.49. The van der Waals surface area contributed by atoms with E-state index in [-0.39, 0.29) is 24.2 Å². The fraction of sp³-hybridized carbons (Fsp3) is 0.318. The third-order valence-corrected chi connectivity index (χ3v) is 4.33. The molecule has 0 bridgehead atoms. The van der Waals surface area contributed by atoms with Crippen molar-refractivity contribution in [1.82, 2.24) is 10.6 Å². The number of hydrogen-bond donors (Lipinski definition) is 3. The van der Waals surface area contributed by atoms with Gasteiger partial charge in [-0.1, -0.05) is 56.3 Å². The van der Waals surface area contributed by atoms with Gasteiger partial charge in [-0.3, -0.25) is 14.9 Å². The molecule has 3 N–H and O–H groups in total. The van der Waals surface area contributed by atoms with E-state index in [0.717, 1.165) is 11.1 Å². The van der Waals surface area contributed by atoms with Crippen molar-refractivity contribution in [3.63, 3.8) is 0 Å². The van der Waals surface area contributed by atoms with Crippen LogP contribution in [0, 0.1) is 5.92 Å². The van der Waals surface area contributed by atoms with Crippen molar-refractivity contribution in [1.29, 1.82) is 0 Å². The maximum absolute atomic E-state index is 12.6. The molecule has 0 fully saturated rings. The van der Waals surface area contributed by atoms with Crippen LogP contribution in [0.25, 0.3) is 0 Å². The maximum Gasteiger partial charge on any atom is 0.411 e. The lowest BCUT2D eigenvalue weighted by Gasteiger charge is -2.22. The average molecular weight is 397 g/mol. The number of amides is 3. The highest BCUT2D eigenvalue weighted by molar-refractivity contribution is 5.88. The second-order valence-corrected chi connectivity index (χ2v) is 6.98. The summed E-state index contributed by atoms with van der Waals surface area (Å²) in [6, 6.07) is 15.8. The Morgan fingerprint density at radius 3 is 2.17 bits per heavy atom. The number of benzene rings is 2. The molecule has 0 spiro atoms. The number of ether oxygens (including phenoxy) is 1. The number of rotatable bonds is 8. The summed E-state index contributed by atoms with van der Waals surface area (Å²) >= 11 is 0. The van der Waals surface area contributed by atoms with Crippen molar-refractivity contribution in [2.24, 2.45) is 5.92 Å². The molecule has 0 saturated heterocycles. The van der Waals surface area contributed by atoms with Crippen molar-refractivity contribution >= 4 is 23.6 Å². The van der Waals surface area contributed by atoms with Crippen LogP contribution in [-0.2, 0) is 27.3 Å². The zero-order valence-electron chi connectivity index (χ0n) is 16.9. The van der Waals surface area contributed by atoms with Gasteiger partial charge in [0.25, 0.3) is 0 Å². The minimum absolute atomic E-state index is 0.0543. The minimum Gasteiger partial charge on any atom is -0.453 e. The largest absolute Gasteiger partial charge is 0.453 e. The first-order chi connectivity index (χ1) is 13.9. The van der Waals surface area contributed by atoms with Gasteiger partial charge in [-0.15, -0.1) is 0 Å². The van der Waals surface area contributed by atoms with Gasteiger partial charge in [-0.2, -0.15) is 0 Å². The van der Waals surface area contributed by atoms with Gasteiger partial charge in [0.2, 0.25) is 11.8 Å². The predicted octanol–water partition coefficient (Wildman–Crippen LogP) is 2.86. The highest BCUT2D eigenvalue weighted by Gasteiger charge is 2.23. The van der Waals surface area contributed by atoms with Gasteiger partial charge >= 0.3 is 6.09 Å². The maximum atomic E-state index is 12.6. The summed E-state index contributed by atoms with van der Waals surface area (Å²) in [7, 11) is 1.29.